The van der Waals surface area contributed by atoms with Crippen LogP contribution in [-0.4, -0.2) is 13.2 Å². The fourth-order valence-corrected chi connectivity index (χ4v) is 4.06. The van der Waals surface area contributed by atoms with Gasteiger partial charge < -0.3 is 0 Å². The Morgan fingerprint density at radius 1 is 1.13 bits per heavy atom. The molecule has 3 rings (SSSR count). The second kappa shape index (κ2) is 3.44. The van der Waals surface area contributed by atoms with E-state index in [1.807, 2.05) is 0 Å². The predicted octanol–water partition coefficient (Wildman–Crippen LogP) is 2.89. The Bertz CT molecular complexity index is 340. The van der Waals surface area contributed by atoms with Gasteiger partial charge in [-0.2, -0.15) is 8.42 Å². The maximum atomic E-state index is 13.2. The van der Waals surface area contributed by atoms with E-state index in [1.54, 1.807) is 13.8 Å². The third kappa shape index (κ3) is 1.81. The second-order valence-corrected chi connectivity index (χ2v) is 7.59. The van der Waals surface area contributed by atoms with Crippen LogP contribution in [0.2, 0.25) is 0 Å². The standard InChI is InChI=1S/C11H19FO2S/c1-11(2,15(12,13)14)10-7-8-3-5-9(10)6-4-8/h8-10H,3-7H2,1-2H3. The maximum Gasteiger partial charge on any atom is 0.307 e. The Morgan fingerprint density at radius 2 is 1.67 bits per heavy atom. The minimum atomic E-state index is -4.42. The highest BCUT2D eigenvalue weighted by Gasteiger charge is 2.49. The van der Waals surface area contributed by atoms with Gasteiger partial charge in [0.1, 0.15) is 0 Å². The van der Waals surface area contributed by atoms with E-state index < -0.39 is 15.0 Å². The molecule has 0 aromatic carbocycles. The summed E-state index contributed by atoms with van der Waals surface area (Å²) in [6.45, 7) is 3.10. The molecule has 2 nitrogen and oxygen atoms in total. The van der Waals surface area contributed by atoms with Crippen molar-refractivity contribution in [3.05, 3.63) is 0 Å². The number of fused-ring (bicyclic) bond motifs is 3. The highest BCUT2D eigenvalue weighted by molar-refractivity contribution is 7.87. The van der Waals surface area contributed by atoms with Gasteiger partial charge >= 0.3 is 10.2 Å². The summed E-state index contributed by atoms with van der Waals surface area (Å²) in [5.74, 6) is 1.09. The molecule has 88 valence electrons. The lowest BCUT2D eigenvalue weighted by Gasteiger charge is -2.47. The van der Waals surface area contributed by atoms with Crippen LogP contribution in [0.4, 0.5) is 3.89 Å². The molecule has 1 unspecified atom stereocenters. The van der Waals surface area contributed by atoms with Crippen LogP contribution in [0.25, 0.3) is 0 Å². The molecule has 0 saturated heterocycles. The lowest BCUT2D eigenvalue weighted by Crippen LogP contribution is -2.47. The molecule has 0 radical (unpaired) electrons. The van der Waals surface area contributed by atoms with Gasteiger partial charge in [-0.05, 0) is 50.9 Å². The van der Waals surface area contributed by atoms with Crippen LogP contribution in [0, 0.1) is 17.8 Å². The lowest BCUT2D eigenvalue weighted by molar-refractivity contribution is 0.0750. The molecular formula is C11H19FO2S. The van der Waals surface area contributed by atoms with Gasteiger partial charge in [0.25, 0.3) is 0 Å². The van der Waals surface area contributed by atoms with E-state index in [4.69, 9.17) is 0 Å². The highest BCUT2D eigenvalue weighted by atomic mass is 32.3. The molecule has 0 aliphatic heterocycles. The number of hydrogen-bond acceptors (Lipinski definition) is 2. The number of rotatable bonds is 2. The van der Waals surface area contributed by atoms with Crippen molar-refractivity contribution >= 4 is 10.2 Å². The van der Waals surface area contributed by atoms with Crippen molar-refractivity contribution in [2.75, 3.05) is 0 Å². The van der Waals surface area contributed by atoms with Crippen molar-refractivity contribution in [2.24, 2.45) is 17.8 Å². The van der Waals surface area contributed by atoms with Crippen LogP contribution in [0.5, 0.6) is 0 Å². The zero-order valence-corrected chi connectivity index (χ0v) is 10.2. The summed E-state index contributed by atoms with van der Waals surface area (Å²) >= 11 is 0. The fraction of sp³-hybridized carbons (Fsp3) is 1.00. The molecule has 3 aliphatic carbocycles. The molecular weight excluding hydrogens is 215 g/mol. The molecule has 0 heterocycles. The van der Waals surface area contributed by atoms with E-state index in [-0.39, 0.29) is 5.92 Å². The van der Waals surface area contributed by atoms with Crippen molar-refractivity contribution in [2.45, 2.75) is 50.7 Å². The molecule has 15 heavy (non-hydrogen) atoms. The summed E-state index contributed by atoms with van der Waals surface area (Å²) in [4.78, 5) is 0. The molecule has 0 N–H and O–H groups in total. The summed E-state index contributed by atoms with van der Waals surface area (Å²) in [5, 5.41) is 0. The molecule has 3 fully saturated rings. The molecule has 4 heteroatoms. The van der Waals surface area contributed by atoms with Gasteiger partial charge in [0.15, 0.2) is 0 Å². The van der Waals surface area contributed by atoms with Gasteiger partial charge in [-0.1, -0.05) is 12.8 Å². The van der Waals surface area contributed by atoms with E-state index in [0.717, 1.165) is 19.3 Å². The van der Waals surface area contributed by atoms with E-state index in [0.29, 0.717) is 11.8 Å². The van der Waals surface area contributed by atoms with Crippen LogP contribution in [0.3, 0.4) is 0 Å². The minimum Gasteiger partial charge on any atom is -0.194 e. The molecule has 0 aromatic rings. The van der Waals surface area contributed by atoms with Crippen molar-refractivity contribution in [3.63, 3.8) is 0 Å². The van der Waals surface area contributed by atoms with Crippen molar-refractivity contribution in [1.29, 1.82) is 0 Å². The third-order valence-corrected chi connectivity index (χ3v) is 6.13. The summed E-state index contributed by atoms with van der Waals surface area (Å²) in [6.07, 6.45) is 5.51. The average molecular weight is 234 g/mol. The molecule has 3 saturated carbocycles. The molecule has 1 atom stereocenters. The van der Waals surface area contributed by atoms with Crippen molar-refractivity contribution < 1.29 is 12.3 Å². The van der Waals surface area contributed by atoms with Gasteiger partial charge in [-0.15, -0.1) is 3.89 Å². The summed E-state index contributed by atoms with van der Waals surface area (Å²) < 4.78 is 34.4. The topological polar surface area (TPSA) is 34.1 Å². The highest BCUT2D eigenvalue weighted by Crippen LogP contribution is 2.51. The van der Waals surface area contributed by atoms with E-state index >= 15 is 0 Å². The first-order valence-electron chi connectivity index (χ1n) is 5.76. The zero-order chi connectivity index (χ0) is 11.3. The smallest absolute Gasteiger partial charge is 0.194 e. The normalized spacial score (nSPS) is 36.9. The Labute approximate surface area is 91.5 Å². The maximum absolute atomic E-state index is 13.2. The lowest BCUT2D eigenvalue weighted by atomic mass is 9.61. The SMILES string of the molecule is CC(C)(C1CC2CCC1CC2)S(=O)(=O)F. The molecule has 3 aliphatic rings. The van der Waals surface area contributed by atoms with Gasteiger partial charge in [0.2, 0.25) is 0 Å². The quantitative estimate of drug-likeness (QED) is 0.688. The van der Waals surface area contributed by atoms with Crippen LogP contribution in [0.1, 0.15) is 46.0 Å². The Balaban J connectivity index is 2.25. The first-order chi connectivity index (χ1) is 6.82. The molecule has 0 spiro atoms. The van der Waals surface area contributed by atoms with Crippen molar-refractivity contribution in [3.8, 4) is 0 Å². The average Bonchev–Trinajstić information content (AvgIpc) is 2.17. The number of hydrogen-bond donors (Lipinski definition) is 0. The molecule has 2 bridgehead atoms. The Morgan fingerprint density at radius 3 is 2.00 bits per heavy atom. The molecule has 0 amide bonds. The van der Waals surface area contributed by atoms with E-state index in [9.17, 15) is 12.3 Å². The fourth-order valence-electron chi connectivity index (χ4n) is 3.41. The number of halogens is 1. The van der Waals surface area contributed by atoms with Gasteiger partial charge in [0, 0.05) is 0 Å². The molecule has 0 aromatic heterocycles. The Hall–Kier alpha value is -0.120. The third-order valence-electron chi connectivity index (χ3n) is 4.57. The van der Waals surface area contributed by atoms with Crippen LogP contribution < -0.4 is 0 Å². The first-order valence-corrected chi connectivity index (χ1v) is 7.15. The van der Waals surface area contributed by atoms with E-state index in [1.165, 1.54) is 12.8 Å². The van der Waals surface area contributed by atoms with Crippen LogP contribution >= 0.6 is 0 Å². The summed E-state index contributed by atoms with van der Waals surface area (Å²) in [5.41, 5.74) is 0. The summed E-state index contributed by atoms with van der Waals surface area (Å²) in [7, 11) is -4.42. The minimum absolute atomic E-state index is 0.0278. The monoisotopic (exact) mass is 234 g/mol. The Kier molecular flexibility index (Phi) is 2.61. The van der Waals surface area contributed by atoms with Crippen molar-refractivity contribution in [1.82, 2.24) is 0 Å². The van der Waals surface area contributed by atoms with Crippen LogP contribution in [0.15, 0.2) is 0 Å². The van der Waals surface area contributed by atoms with Crippen LogP contribution in [-0.2, 0) is 10.2 Å². The second-order valence-electron chi connectivity index (χ2n) is 5.66. The van der Waals surface area contributed by atoms with Gasteiger partial charge in [-0.3, -0.25) is 0 Å². The van der Waals surface area contributed by atoms with Gasteiger partial charge in [0.05, 0.1) is 4.75 Å². The summed E-state index contributed by atoms with van der Waals surface area (Å²) in [6, 6.07) is 0. The van der Waals surface area contributed by atoms with E-state index in [2.05, 4.69) is 0 Å². The predicted molar refractivity (Wildman–Crippen MR) is 57.7 cm³/mol. The first kappa shape index (κ1) is 11.4. The van der Waals surface area contributed by atoms with Gasteiger partial charge in [-0.25, -0.2) is 0 Å². The largest absolute Gasteiger partial charge is 0.307 e. The zero-order valence-electron chi connectivity index (χ0n) is 9.37.